The molecule has 0 unspecified atom stereocenters. The number of carbonyl (C=O) groups excluding carboxylic acids is 1. The number of ether oxygens (including phenoxy) is 1. The minimum absolute atomic E-state index is 1.19. The SMILES string of the molecule is O=C(C(F)(C(F)(F)F)C(F)(F)F)[C@](F)(OC(F)(F)C(F)(F)C(F)(F)F)C(F)(F)F. The van der Waals surface area contributed by atoms with E-state index in [9.17, 15) is 83.8 Å². The second kappa shape index (κ2) is 6.69. The molecule has 1 atom stereocenters. The molecule has 0 heterocycles. The van der Waals surface area contributed by atoms with Gasteiger partial charge in [-0.3, -0.25) is 9.53 Å². The van der Waals surface area contributed by atoms with Crippen LogP contribution in [0.3, 0.4) is 0 Å². The second-order valence-corrected chi connectivity index (χ2v) is 4.77. The first-order valence-corrected chi connectivity index (χ1v) is 5.76. The van der Waals surface area contributed by atoms with Gasteiger partial charge in [0.15, 0.2) is 0 Å². The van der Waals surface area contributed by atoms with Crippen molar-refractivity contribution in [1.29, 1.82) is 0 Å². The van der Waals surface area contributed by atoms with E-state index in [1.807, 2.05) is 0 Å². The van der Waals surface area contributed by atoms with Gasteiger partial charge in [0.25, 0.3) is 5.78 Å². The van der Waals surface area contributed by atoms with E-state index >= 15 is 0 Å². The Hall–Kier alpha value is -1.63. The van der Waals surface area contributed by atoms with Crippen molar-refractivity contribution in [3.63, 3.8) is 0 Å². The van der Waals surface area contributed by atoms with E-state index in [4.69, 9.17) is 0 Å². The number of halogens is 18. The van der Waals surface area contributed by atoms with Crippen molar-refractivity contribution >= 4 is 5.78 Å². The minimum atomic E-state index is -8.02. The number of alkyl halides is 18. The predicted molar refractivity (Wildman–Crippen MR) is 47.9 cm³/mol. The molecule has 0 radical (unpaired) electrons. The highest BCUT2D eigenvalue weighted by Crippen LogP contribution is 2.55. The van der Waals surface area contributed by atoms with Crippen LogP contribution in [-0.4, -0.2) is 54.0 Å². The summed E-state index contributed by atoms with van der Waals surface area (Å²) < 4.78 is 224. The van der Waals surface area contributed by atoms with Crippen LogP contribution >= 0.6 is 0 Å². The van der Waals surface area contributed by atoms with Crippen LogP contribution in [0.25, 0.3) is 0 Å². The molecule has 29 heavy (non-hydrogen) atoms. The lowest BCUT2D eigenvalue weighted by Gasteiger charge is -2.37. The van der Waals surface area contributed by atoms with Crippen LogP contribution in [0.1, 0.15) is 0 Å². The van der Waals surface area contributed by atoms with Gasteiger partial charge in [-0.05, 0) is 0 Å². The first-order valence-electron chi connectivity index (χ1n) is 5.76. The fourth-order valence-corrected chi connectivity index (χ4v) is 1.28. The quantitative estimate of drug-likeness (QED) is 0.490. The van der Waals surface area contributed by atoms with E-state index in [1.165, 1.54) is 4.74 Å². The molecule has 0 saturated heterocycles. The molecule has 0 aliphatic carbocycles. The lowest BCUT2D eigenvalue weighted by Crippen LogP contribution is -2.70. The molecule has 0 aromatic rings. The van der Waals surface area contributed by atoms with Gasteiger partial charge in [0.05, 0.1) is 0 Å². The summed E-state index contributed by atoms with van der Waals surface area (Å²) in [5.41, 5.74) is -8.02. The highest BCUT2D eigenvalue weighted by molar-refractivity contribution is 5.96. The van der Waals surface area contributed by atoms with E-state index in [-0.39, 0.29) is 0 Å². The third kappa shape index (κ3) is 4.16. The molecule has 0 N–H and O–H groups in total. The zero-order valence-electron chi connectivity index (χ0n) is 12.1. The van der Waals surface area contributed by atoms with Crippen LogP contribution in [0.5, 0.6) is 0 Å². The van der Waals surface area contributed by atoms with Gasteiger partial charge in [0.2, 0.25) is 0 Å². The van der Waals surface area contributed by atoms with Gasteiger partial charge in [-0.1, -0.05) is 0 Å². The van der Waals surface area contributed by atoms with Gasteiger partial charge >= 0.3 is 48.3 Å². The smallest absolute Gasteiger partial charge is 0.288 e. The topological polar surface area (TPSA) is 26.3 Å². The molecule has 0 aromatic carbocycles. The number of ketones is 1. The van der Waals surface area contributed by atoms with Crippen LogP contribution in [-0.2, 0) is 9.53 Å². The van der Waals surface area contributed by atoms with E-state index in [2.05, 4.69) is 0 Å². The van der Waals surface area contributed by atoms with Crippen molar-refractivity contribution in [2.75, 3.05) is 0 Å². The molecule has 0 amide bonds. The van der Waals surface area contributed by atoms with Gasteiger partial charge in [-0.15, -0.1) is 0 Å². The van der Waals surface area contributed by atoms with E-state index < -0.39 is 54.0 Å². The summed E-state index contributed by atoms with van der Waals surface area (Å²) in [5.74, 6) is -21.6. The average molecular weight is 482 g/mol. The number of rotatable bonds is 5. The van der Waals surface area contributed by atoms with Gasteiger partial charge in [-0.2, -0.15) is 74.6 Å². The second-order valence-electron chi connectivity index (χ2n) is 4.77. The predicted octanol–water partition coefficient (Wildman–Crippen LogP) is 5.42. The zero-order valence-corrected chi connectivity index (χ0v) is 12.1. The zero-order chi connectivity index (χ0) is 24.3. The number of hydrogen-bond acceptors (Lipinski definition) is 2. The summed E-state index contributed by atoms with van der Waals surface area (Å²) in [5, 5.41) is 0. The molecule has 20 heteroatoms. The Bertz CT molecular complexity index is 605. The Labute approximate surface area is 144 Å². The maximum Gasteiger partial charge on any atom is 0.462 e. The number of hydrogen-bond donors (Lipinski definition) is 0. The van der Waals surface area contributed by atoms with Crippen LogP contribution in [0.2, 0.25) is 0 Å². The molecule has 0 aliphatic rings. The molecule has 0 aromatic heterocycles. The monoisotopic (exact) mass is 482 g/mol. The van der Waals surface area contributed by atoms with E-state index in [1.54, 1.807) is 0 Å². The summed E-state index contributed by atoms with van der Waals surface area (Å²) in [7, 11) is 0. The Morgan fingerprint density at radius 2 is 0.793 bits per heavy atom. The molecule has 0 bridgehead atoms. The van der Waals surface area contributed by atoms with Crippen molar-refractivity contribution in [2.45, 2.75) is 48.3 Å². The van der Waals surface area contributed by atoms with Crippen molar-refractivity contribution in [3.8, 4) is 0 Å². The molecule has 2 nitrogen and oxygen atoms in total. The highest BCUT2D eigenvalue weighted by Gasteiger charge is 2.87. The van der Waals surface area contributed by atoms with E-state index in [0.29, 0.717) is 0 Å². The molecule has 0 spiro atoms. The first-order chi connectivity index (χ1) is 12.1. The molecular weight excluding hydrogens is 482 g/mol. The summed E-state index contributed by atoms with van der Waals surface area (Å²) in [6.07, 6.45) is -39.3. The fraction of sp³-hybridized carbons (Fsp3) is 0.889. The molecule has 0 fully saturated rings. The van der Waals surface area contributed by atoms with Crippen molar-refractivity contribution in [1.82, 2.24) is 0 Å². The van der Waals surface area contributed by atoms with Crippen LogP contribution in [0, 0.1) is 0 Å². The molecule has 174 valence electrons. The summed E-state index contributed by atoms with van der Waals surface area (Å²) >= 11 is 0. The Morgan fingerprint density at radius 1 is 0.483 bits per heavy atom. The van der Waals surface area contributed by atoms with Gasteiger partial charge in [-0.25, -0.2) is 4.39 Å². The van der Waals surface area contributed by atoms with Crippen LogP contribution in [0.4, 0.5) is 79.0 Å². The number of carbonyl (C=O) groups is 1. The van der Waals surface area contributed by atoms with Crippen molar-refractivity contribution in [2.24, 2.45) is 0 Å². The Morgan fingerprint density at radius 3 is 1.00 bits per heavy atom. The Balaban J connectivity index is 6.83. The summed E-state index contributed by atoms with van der Waals surface area (Å²) in [4.78, 5) is 10.8. The average Bonchev–Trinajstić information content (AvgIpc) is 2.39. The van der Waals surface area contributed by atoms with Crippen molar-refractivity contribution < 1.29 is 88.6 Å². The molecule has 0 aliphatic heterocycles. The minimum Gasteiger partial charge on any atom is -0.288 e. The largest absolute Gasteiger partial charge is 0.462 e. The van der Waals surface area contributed by atoms with Crippen molar-refractivity contribution in [3.05, 3.63) is 0 Å². The maximum atomic E-state index is 13.5. The lowest BCUT2D eigenvalue weighted by molar-refractivity contribution is -0.475. The maximum absolute atomic E-state index is 13.5. The standard InChI is InChI=1S/C9F18O2/c10-2(5(14,15)16,6(17,18)19)1(28)3(11,7(20,21)22)29-9(26,27)4(12,13)8(23,24)25/t3-/m0/s1. The Kier molecular flexibility index (Phi) is 6.31. The van der Waals surface area contributed by atoms with Gasteiger partial charge in [0.1, 0.15) is 0 Å². The first kappa shape index (κ1) is 27.4. The van der Waals surface area contributed by atoms with E-state index in [0.717, 1.165) is 0 Å². The van der Waals surface area contributed by atoms with Crippen LogP contribution < -0.4 is 0 Å². The van der Waals surface area contributed by atoms with Crippen LogP contribution in [0.15, 0.2) is 0 Å². The van der Waals surface area contributed by atoms with Gasteiger partial charge < -0.3 is 0 Å². The third-order valence-electron chi connectivity index (χ3n) is 2.74. The summed E-state index contributed by atoms with van der Waals surface area (Å²) in [6, 6.07) is 0. The number of Topliss-reactive ketones (excluding diaryl/α,β-unsaturated/α-hetero) is 1. The summed E-state index contributed by atoms with van der Waals surface area (Å²) in [6.45, 7) is 0. The third-order valence-corrected chi connectivity index (χ3v) is 2.74. The van der Waals surface area contributed by atoms with Gasteiger partial charge in [0, 0.05) is 0 Å². The highest BCUT2D eigenvalue weighted by atomic mass is 19.4. The molecule has 0 saturated carbocycles. The lowest BCUT2D eigenvalue weighted by atomic mass is 9.92. The molecule has 0 rings (SSSR count). The normalized spacial score (nSPS) is 17.9. The molecular formula is C9F18O2. The fourth-order valence-electron chi connectivity index (χ4n) is 1.28.